The van der Waals surface area contributed by atoms with Crippen LogP contribution in [0.15, 0.2) is 24.3 Å². The molecule has 0 atom stereocenters. The van der Waals surface area contributed by atoms with Gasteiger partial charge in [0.15, 0.2) is 5.82 Å². The summed E-state index contributed by atoms with van der Waals surface area (Å²) in [4.78, 5) is 11.2. The number of hydrogen-bond donors (Lipinski definition) is 0. The van der Waals surface area contributed by atoms with E-state index in [1.807, 2.05) is 31.2 Å². The van der Waals surface area contributed by atoms with Crippen molar-refractivity contribution in [2.45, 2.75) is 13.5 Å². The van der Waals surface area contributed by atoms with Crippen molar-refractivity contribution in [2.24, 2.45) is 0 Å². The summed E-state index contributed by atoms with van der Waals surface area (Å²) in [5, 5.41) is 11.3. The highest BCUT2D eigenvalue weighted by Gasteiger charge is 2.13. The molecule has 6 heteroatoms. The maximum absolute atomic E-state index is 11.2. The van der Waals surface area contributed by atoms with Gasteiger partial charge in [0.1, 0.15) is 6.54 Å². The van der Waals surface area contributed by atoms with Gasteiger partial charge < -0.3 is 4.74 Å². The standard InChI is InChI=1S/C11H12N4O2/c1-8-5-3-4-6-9(8)11-12-13-14-15(11)7-10(16)17-2/h3-6H,7H2,1-2H3. The van der Waals surface area contributed by atoms with Crippen LogP contribution in [0.3, 0.4) is 0 Å². The molecule has 0 unspecified atom stereocenters. The van der Waals surface area contributed by atoms with Gasteiger partial charge in [-0.25, -0.2) is 4.68 Å². The maximum atomic E-state index is 11.2. The molecule has 0 amide bonds. The Morgan fingerprint density at radius 3 is 2.88 bits per heavy atom. The van der Waals surface area contributed by atoms with Gasteiger partial charge in [0.05, 0.1) is 7.11 Å². The lowest BCUT2D eigenvalue weighted by Crippen LogP contribution is -2.14. The van der Waals surface area contributed by atoms with Crippen molar-refractivity contribution in [1.82, 2.24) is 20.2 Å². The van der Waals surface area contributed by atoms with Gasteiger partial charge in [0, 0.05) is 5.56 Å². The number of aromatic nitrogens is 4. The van der Waals surface area contributed by atoms with Gasteiger partial charge in [-0.05, 0) is 22.9 Å². The van der Waals surface area contributed by atoms with Crippen molar-refractivity contribution in [1.29, 1.82) is 0 Å². The predicted octanol–water partition coefficient (Wildman–Crippen LogP) is 0.822. The molecule has 17 heavy (non-hydrogen) atoms. The van der Waals surface area contributed by atoms with Crippen molar-refractivity contribution in [3.05, 3.63) is 29.8 Å². The molecule has 0 radical (unpaired) electrons. The largest absolute Gasteiger partial charge is 0.468 e. The Morgan fingerprint density at radius 1 is 1.41 bits per heavy atom. The van der Waals surface area contributed by atoms with Crippen LogP contribution in [-0.2, 0) is 16.1 Å². The number of aryl methyl sites for hydroxylation is 1. The van der Waals surface area contributed by atoms with E-state index in [1.165, 1.54) is 11.8 Å². The van der Waals surface area contributed by atoms with Crippen LogP contribution in [0.25, 0.3) is 11.4 Å². The van der Waals surface area contributed by atoms with E-state index in [0.717, 1.165) is 11.1 Å². The lowest BCUT2D eigenvalue weighted by Gasteiger charge is -2.05. The number of carbonyl (C=O) groups excluding carboxylic acids is 1. The fraction of sp³-hybridized carbons (Fsp3) is 0.273. The minimum atomic E-state index is -0.382. The van der Waals surface area contributed by atoms with E-state index in [9.17, 15) is 4.79 Å². The van der Waals surface area contributed by atoms with E-state index >= 15 is 0 Å². The summed E-state index contributed by atoms with van der Waals surface area (Å²) in [5.41, 5.74) is 1.95. The van der Waals surface area contributed by atoms with Crippen LogP contribution >= 0.6 is 0 Å². The molecule has 0 bridgehead atoms. The highest BCUT2D eigenvalue weighted by atomic mass is 16.5. The van der Waals surface area contributed by atoms with E-state index in [1.54, 1.807) is 0 Å². The lowest BCUT2D eigenvalue weighted by atomic mass is 10.1. The molecule has 1 heterocycles. The second kappa shape index (κ2) is 4.73. The summed E-state index contributed by atoms with van der Waals surface area (Å²) < 4.78 is 6.01. The third-order valence-electron chi connectivity index (χ3n) is 2.42. The van der Waals surface area contributed by atoms with Crippen molar-refractivity contribution in [3.63, 3.8) is 0 Å². The van der Waals surface area contributed by atoms with Crippen LogP contribution in [0.4, 0.5) is 0 Å². The minimum absolute atomic E-state index is 0.00711. The van der Waals surface area contributed by atoms with Crippen molar-refractivity contribution >= 4 is 5.97 Å². The maximum Gasteiger partial charge on any atom is 0.327 e. The number of rotatable bonds is 3. The van der Waals surface area contributed by atoms with E-state index in [4.69, 9.17) is 0 Å². The number of nitrogens with zero attached hydrogens (tertiary/aromatic N) is 4. The Kier molecular flexibility index (Phi) is 3.13. The topological polar surface area (TPSA) is 69.9 Å². The zero-order chi connectivity index (χ0) is 12.3. The van der Waals surface area contributed by atoms with Gasteiger partial charge in [-0.1, -0.05) is 24.3 Å². The molecule has 0 aliphatic rings. The van der Waals surface area contributed by atoms with Crippen LogP contribution < -0.4 is 0 Å². The molecular formula is C11H12N4O2. The quantitative estimate of drug-likeness (QED) is 0.733. The Bertz CT molecular complexity index is 536. The minimum Gasteiger partial charge on any atom is -0.468 e. The summed E-state index contributed by atoms with van der Waals surface area (Å²) in [5.74, 6) is 0.181. The first kappa shape index (κ1) is 11.3. The van der Waals surface area contributed by atoms with Crippen LogP contribution in [0, 0.1) is 6.92 Å². The summed E-state index contributed by atoms with van der Waals surface area (Å²) in [7, 11) is 1.33. The number of ether oxygens (including phenoxy) is 1. The monoisotopic (exact) mass is 232 g/mol. The summed E-state index contributed by atoms with van der Waals surface area (Å²) >= 11 is 0. The molecule has 1 aromatic heterocycles. The van der Waals surface area contributed by atoms with Gasteiger partial charge in [-0.15, -0.1) is 5.10 Å². The first-order valence-corrected chi connectivity index (χ1v) is 5.11. The van der Waals surface area contributed by atoms with E-state index in [0.29, 0.717) is 5.82 Å². The van der Waals surface area contributed by atoms with Crippen molar-refractivity contribution < 1.29 is 9.53 Å². The SMILES string of the molecule is COC(=O)Cn1nnnc1-c1ccccc1C. The van der Waals surface area contributed by atoms with Gasteiger partial charge in [0.2, 0.25) is 0 Å². The number of methoxy groups -OCH3 is 1. The molecule has 0 N–H and O–H groups in total. The normalized spacial score (nSPS) is 10.2. The predicted molar refractivity (Wildman–Crippen MR) is 60.0 cm³/mol. The second-order valence-corrected chi connectivity index (χ2v) is 3.55. The zero-order valence-corrected chi connectivity index (χ0v) is 9.62. The number of benzene rings is 1. The Balaban J connectivity index is 2.37. The first-order chi connectivity index (χ1) is 8.22. The van der Waals surface area contributed by atoms with Crippen LogP contribution in [0.5, 0.6) is 0 Å². The summed E-state index contributed by atoms with van der Waals surface area (Å²) in [6, 6.07) is 7.72. The smallest absolute Gasteiger partial charge is 0.327 e. The summed E-state index contributed by atoms with van der Waals surface area (Å²) in [6.45, 7) is 1.97. The second-order valence-electron chi connectivity index (χ2n) is 3.55. The Morgan fingerprint density at radius 2 is 2.18 bits per heavy atom. The fourth-order valence-corrected chi connectivity index (χ4v) is 1.51. The molecule has 0 fully saturated rings. The Labute approximate surface area is 98.2 Å². The highest BCUT2D eigenvalue weighted by Crippen LogP contribution is 2.19. The molecule has 0 saturated heterocycles. The highest BCUT2D eigenvalue weighted by molar-refractivity contribution is 5.70. The van der Waals surface area contributed by atoms with Crippen LogP contribution in [0.2, 0.25) is 0 Å². The molecule has 0 aliphatic heterocycles. The van der Waals surface area contributed by atoms with Crippen molar-refractivity contribution in [2.75, 3.05) is 7.11 Å². The molecule has 0 spiro atoms. The number of hydrogen-bond acceptors (Lipinski definition) is 5. The van der Waals surface area contributed by atoms with Crippen molar-refractivity contribution in [3.8, 4) is 11.4 Å². The zero-order valence-electron chi connectivity index (χ0n) is 9.62. The molecule has 2 aromatic rings. The van der Waals surface area contributed by atoms with Gasteiger partial charge in [-0.2, -0.15) is 0 Å². The summed E-state index contributed by atoms with van der Waals surface area (Å²) in [6.07, 6.45) is 0. The van der Waals surface area contributed by atoms with E-state index in [-0.39, 0.29) is 12.5 Å². The molecule has 88 valence electrons. The average Bonchev–Trinajstić information content (AvgIpc) is 2.77. The van der Waals surface area contributed by atoms with Gasteiger partial charge in [0.25, 0.3) is 0 Å². The first-order valence-electron chi connectivity index (χ1n) is 5.11. The number of tetrazole rings is 1. The van der Waals surface area contributed by atoms with E-state index < -0.39 is 0 Å². The average molecular weight is 232 g/mol. The molecular weight excluding hydrogens is 220 g/mol. The molecule has 0 aliphatic carbocycles. The third-order valence-corrected chi connectivity index (χ3v) is 2.42. The molecule has 0 saturated carbocycles. The molecule has 1 aromatic carbocycles. The fourth-order valence-electron chi connectivity index (χ4n) is 1.51. The van der Waals surface area contributed by atoms with Gasteiger partial charge >= 0.3 is 5.97 Å². The van der Waals surface area contributed by atoms with E-state index in [2.05, 4.69) is 20.3 Å². The Hall–Kier alpha value is -2.24. The van der Waals surface area contributed by atoms with Gasteiger partial charge in [-0.3, -0.25) is 4.79 Å². The number of esters is 1. The molecule has 6 nitrogen and oxygen atoms in total. The van der Waals surface area contributed by atoms with Crippen LogP contribution in [-0.4, -0.2) is 33.3 Å². The third kappa shape index (κ3) is 2.30. The number of carbonyl (C=O) groups is 1. The lowest BCUT2D eigenvalue weighted by molar-refractivity contribution is -0.141. The van der Waals surface area contributed by atoms with Crippen LogP contribution in [0.1, 0.15) is 5.56 Å². The molecule has 2 rings (SSSR count).